The summed E-state index contributed by atoms with van der Waals surface area (Å²) in [7, 11) is 0. The minimum Gasteiger partial charge on any atom is -0.309 e. The Kier molecular flexibility index (Phi) is 6.17. The van der Waals surface area contributed by atoms with Gasteiger partial charge in [-0.2, -0.15) is 11.8 Å². The van der Waals surface area contributed by atoms with Gasteiger partial charge in [-0.1, -0.05) is 25.5 Å². The normalized spacial score (nSPS) is 21.3. The fraction of sp³-hybridized carbons (Fsp3) is 0.600. The van der Waals surface area contributed by atoms with Gasteiger partial charge in [0.25, 0.3) is 0 Å². The lowest BCUT2D eigenvalue weighted by atomic mass is 9.98. The van der Waals surface area contributed by atoms with Crippen LogP contribution in [0.5, 0.6) is 0 Å². The van der Waals surface area contributed by atoms with E-state index in [4.69, 9.17) is 0 Å². The second-order valence-corrected chi connectivity index (χ2v) is 7.18. The summed E-state index contributed by atoms with van der Waals surface area (Å²) >= 11 is 5.28. The number of rotatable bonds is 5. The molecule has 1 fully saturated rings. The number of nitrogens with one attached hydrogen (secondary N) is 1. The van der Waals surface area contributed by atoms with E-state index in [0.717, 1.165) is 18.5 Å². The molecule has 1 N–H and O–H groups in total. The Bertz CT molecular complexity index is 407. The van der Waals surface area contributed by atoms with E-state index in [2.05, 4.69) is 28.2 Å². The maximum Gasteiger partial charge on any atom is 0.142 e. The van der Waals surface area contributed by atoms with Crippen LogP contribution in [0, 0.1) is 5.82 Å². The van der Waals surface area contributed by atoms with Gasteiger partial charge in [-0.3, -0.25) is 0 Å². The molecule has 1 aromatic rings. The van der Waals surface area contributed by atoms with Crippen molar-refractivity contribution in [2.75, 3.05) is 12.3 Å². The zero-order valence-corrected chi connectivity index (χ0v) is 13.7. The highest BCUT2D eigenvalue weighted by Gasteiger charge is 2.27. The Morgan fingerprint density at radius 1 is 1.47 bits per heavy atom. The first-order chi connectivity index (χ1) is 9.24. The lowest BCUT2D eigenvalue weighted by Crippen LogP contribution is -2.33. The van der Waals surface area contributed by atoms with Gasteiger partial charge in [0.1, 0.15) is 5.82 Å². The Morgan fingerprint density at radius 3 is 3.00 bits per heavy atom. The monoisotopic (exact) mass is 345 g/mol. The molecule has 106 valence electrons. The molecule has 2 rings (SSSR count). The summed E-state index contributed by atoms with van der Waals surface area (Å²) < 4.78 is 14.9. The SMILES string of the molecule is CCCNC(c1cccc(Br)c1F)C1CCCCS1. The van der Waals surface area contributed by atoms with Crippen molar-refractivity contribution < 1.29 is 4.39 Å². The Labute approximate surface area is 127 Å². The van der Waals surface area contributed by atoms with Crippen molar-refractivity contribution in [3.63, 3.8) is 0 Å². The van der Waals surface area contributed by atoms with Crippen LogP contribution < -0.4 is 5.32 Å². The molecule has 1 aromatic carbocycles. The lowest BCUT2D eigenvalue weighted by molar-refractivity contribution is 0.458. The van der Waals surface area contributed by atoms with E-state index < -0.39 is 0 Å². The van der Waals surface area contributed by atoms with E-state index in [1.165, 1.54) is 25.0 Å². The zero-order chi connectivity index (χ0) is 13.7. The Hall–Kier alpha value is -0.0600. The van der Waals surface area contributed by atoms with Crippen LogP contribution in [0.3, 0.4) is 0 Å². The first-order valence-electron chi connectivity index (χ1n) is 7.03. The van der Waals surface area contributed by atoms with E-state index in [9.17, 15) is 4.39 Å². The predicted octanol–water partition coefficient (Wildman–Crippen LogP) is 4.91. The molecule has 1 nitrogen and oxygen atoms in total. The standard InChI is InChI=1S/C15H21BrFNS/c1-2-9-18-15(13-8-3-4-10-19-13)11-6-5-7-12(16)14(11)17/h5-7,13,15,18H,2-4,8-10H2,1H3. The van der Waals surface area contributed by atoms with E-state index in [0.29, 0.717) is 9.72 Å². The van der Waals surface area contributed by atoms with Crippen LogP contribution in [0.25, 0.3) is 0 Å². The van der Waals surface area contributed by atoms with Gasteiger partial charge in [0.15, 0.2) is 0 Å². The molecule has 0 bridgehead atoms. The van der Waals surface area contributed by atoms with Gasteiger partial charge < -0.3 is 5.32 Å². The Balaban J connectivity index is 2.22. The molecule has 4 heteroatoms. The maximum atomic E-state index is 14.3. The summed E-state index contributed by atoms with van der Waals surface area (Å²) in [6, 6.07) is 5.74. The average Bonchev–Trinajstić information content (AvgIpc) is 2.45. The molecular formula is C15H21BrFNS. The molecule has 0 aliphatic carbocycles. The third kappa shape index (κ3) is 3.96. The molecule has 0 spiro atoms. The van der Waals surface area contributed by atoms with Crippen LogP contribution in [0.1, 0.15) is 44.2 Å². The van der Waals surface area contributed by atoms with Crippen LogP contribution in [-0.2, 0) is 0 Å². The fourth-order valence-electron chi connectivity index (χ4n) is 2.53. The molecule has 19 heavy (non-hydrogen) atoms. The van der Waals surface area contributed by atoms with Crippen LogP contribution in [-0.4, -0.2) is 17.5 Å². The first kappa shape index (κ1) is 15.3. The molecular weight excluding hydrogens is 325 g/mol. The lowest BCUT2D eigenvalue weighted by Gasteiger charge is -2.31. The molecule has 0 saturated carbocycles. The number of hydrogen-bond acceptors (Lipinski definition) is 2. The number of halogens is 2. The summed E-state index contributed by atoms with van der Waals surface area (Å²) in [6.45, 7) is 3.09. The van der Waals surface area contributed by atoms with Gasteiger partial charge in [0, 0.05) is 16.9 Å². The summed E-state index contributed by atoms with van der Waals surface area (Å²) in [6.07, 6.45) is 4.81. The van der Waals surface area contributed by atoms with E-state index >= 15 is 0 Å². The second-order valence-electron chi connectivity index (χ2n) is 4.98. The van der Waals surface area contributed by atoms with Gasteiger partial charge in [-0.25, -0.2) is 4.39 Å². The average molecular weight is 346 g/mol. The molecule has 1 heterocycles. The van der Waals surface area contributed by atoms with Crippen molar-refractivity contribution in [1.82, 2.24) is 5.32 Å². The number of hydrogen-bond donors (Lipinski definition) is 1. The molecule has 2 atom stereocenters. The summed E-state index contributed by atoms with van der Waals surface area (Å²) in [5.41, 5.74) is 0.808. The predicted molar refractivity (Wildman–Crippen MR) is 85.2 cm³/mol. The molecule has 1 saturated heterocycles. The Morgan fingerprint density at radius 2 is 2.32 bits per heavy atom. The van der Waals surface area contributed by atoms with Crippen molar-refractivity contribution >= 4 is 27.7 Å². The maximum absolute atomic E-state index is 14.3. The molecule has 1 aliphatic heterocycles. The molecule has 2 unspecified atom stereocenters. The largest absolute Gasteiger partial charge is 0.309 e. The summed E-state index contributed by atoms with van der Waals surface area (Å²) in [4.78, 5) is 0. The highest BCUT2D eigenvalue weighted by atomic mass is 79.9. The zero-order valence-electron chi connectivity index (χ0n) is 11.3. The molecule has 0 radical (unpaired) electrons. The third-order valence-corrected chi connectivity index (χ3v) is 5.59. The van der Waals surface area contributed by atoms with Crippen molar-refractivity contribution in [1.29, 1.82) is 0 Å². The smallest absolute Gasteiger partial charge is 0.142 e. The summed E-state index contributed by atoms with van der Waals surface area (Å²) in [5.74, 6) is 1.09. The quantitative estimate of drug-likeness (QED) is 0.813. The minimum atomic E-state index is -0.109. The van der Waals surface area contributed by atoms with Crippen LogP contribution in [0.15, 0.2) is 22.7 Å². The van der Waals surface area contributed by atoms with Gasteiger partial charge in [0.05, 0.1) is 4.47 Å². The fourth-order valence-corrected chi connectivity index (χ4v) is 4.35. The molecule has 0 amide bonds. The van der Waals surface area contributed by atoms with E-state index in [1.807, 2.05) is 23.9 Å². The third-order valence-electron chi connectivity index (χ3n) is 3.52. The number of benzene rings is 1. The van der Waals surface area contributed by atoms with Crippen molar-refractivity contribution in [3.8, 4) is 0 Å². The van der Waals surface area contributed by atoms with E-state index in [1.54, 1.807) is 6.07 Å². The van der Waals surface area contributed by atoms with Gasteiger partial charge in [-0.15, -0.1) is 0 Å². The van der Waals surface area contributed by atoms with Crippen molar-refractivity contribution in [3.05, 3.63) is 34.1 Å². The molecule has 1 aliphatic rings. The van der Waals surface area contributed by atoms with Crippen LogP contribution in [0.4, 0.5) is 4.39 Å². The number of thioether (sulfide) groups is 1. The van der Waals surface area contributed by atoms with Gasteiger partial charge in [0.2, 0.25) is 0 Å². The summed E-state index contributed by atoms with van der Waals surface area (Å²) in [5, 5.41) is 4.03. The van der Waals surface area contributed by atoms with E-state index in [-0.39, 0.29) is 11.9 Å². The second kappa shape index (κ2) is 7.65. The highest BCUT2D eigenvalue weighted by Crippen LogP contribution is 2.36. The topological polar surface area (TPSA) is 12.0 Å². The van der Waals surface area contributed by atoms with Crippen molar-refractivity contribution in [2.24, 2.45) is 0 Å². The van der Waals surface area contributed by atoms with Gasteiger partial charge in [-0.05, 0) is 53.6 Å². The molecule has 0 aromatic heterocycles. The van der Waals surface area contributed by atoms with Crippen LogP contribution >= 0.6 is 27.7 Å². The van der Waals surface area contributed by atoms with Crippen molar-refractivity contribution in [2.45, 2.75) is 43.9 Å². The first-order valence-corrected chi connectivity index (χ1v) is 8.87. The van der Waals surface area contributed by atoms with Crippen LogP contribution in [0.2, 0.25) is 0 Å². The highest BCUT2D eigenvalue weighted by molar-refractivity contribution is 9.10. The minimum absolute atomic E-state index is 0.109. The van der Waals surface area contributed by atoms with Gasteiger partial charge >= 0.3 is 0 Å².